The summed E-state index contributed by atoms with van der Waals surface area (Å²) in [6.45, 7) is 7.19. The van der Waals surface area contributed by atoms with Crippen molar-refractivity contribution in [3.05, 3.63) is 29.3 Å². The average Bonchev–Trinajstić information content (AvgIpc) is 3.19. The van der Waals surface area contributed by atoms with Gasteiger partial charge >= 0.3 is 0 Å². The minimum Gasteiger partial charge on any atom is -0.354 e. The third kappa shape index (κ3) is 2.30. The van der Waals surface area contributed by atoms with Gasteiger partial charge < -0.3 is 5.32 Å². The van der Waals surface area contributed by atoms with Gasteiger partial charge in [-0.05, 0) is 55.6 Å². The van der Waals surface area contributed by atoms with Crippen LogP contribution in [0.5, 0.6) is 0 Å². The lowest BCUT2D eigenvalue weighted by atomic mass is 9.64. The topological polar surface area (TPSA) is 37.8 Å². The van der Waals surface area contributed by atoms with Crippen LogP contribution in [0.15, 0.2) is 24.3 Å². The molecule has 2 fully saturated rings. The molecule has 0 saturated heterocycles. The van der Waals surface area contributed by atoms with Gasteiger partial charge in [-0.3, -0.25) is 0 Å². The lowest BCUT2D eigenvalue weighted by Crippen LogP contribution is -2.52. The number of halogens is 1. The second-order valence-corrected chi connectivity index (χ2v) is 9.09. The highest BCUT2D eigenvalue weighted by Gasteiger charge is 2.60. The third-order valence-electron chi connectivity index (χ3n) is 6.49. The van der Waals surface area contributed by atoms with Gasteiger partial charge in [0.05, 0.1) is 0 Å². The van der Waals surface area contributed by atoms with Gasteiger partial charge in [-0.15, -0.1) is 10.2 Å². The summed E-state index contributed by atoms with van der Waals surface area (Å²) >= 11 is 7.59. The van der Waals surface area contributed by atoms with Gasteiger partial charge in [-0.2, -0.15) is 0 Å². The third-order valence-corrected chi connectivity index (χ3v) is 7.63. The van der Waals surface area contributed by atoms with Crippen LogP contribution in [-0.4, -0.2) is 15.7 Å². The monoisotopic (exact) mass is 347 g/mol. The molecule has 3 nitrogen and oxygen atoms in total. The van der Waals surface area contributed by atoms with Gasteiger partial charge in [0.25, 0.3) is 0 Å². The van der Waals surface area contributed by atoms with Crippen LogP contribution in [0.4, 0.5) is 5.13 Å². The van der Waals surface area contributed by atoms with Crippen molar-refractivity contribution in [3.8, 4) is 10.6 Å². The van der Waals surface area contributed by atoms with Crippen molar-refractivity contribution in [2.75, 3.05) is 5.32 Å². The van der Waals surface area contributed by atoms with Crippen LogP contribution in [0.2, 0.25) is 5.02 Å². The Morgan fingerprint density at radius 1 is 1.09 bits per heavy atom. The van der Waals surface area contributed by atoms with E-state index in [0.29, 0.717) is 5.41 Å². The van der Waals surface area contributed by atoms with E-state index in [1.165, 1.54) is 19.3 Å². The first-order valence-corrected chi connectivity index (χ1v) is 9.47. The molecule has 2 aliphatic carbocycles. The van der Waals surface area contributed by atoms with E-state index in [9.17, 15) is 0 Å². The van der Waals surface area contributed by atoms with E-state index in [1.54, 1.807) is 11.3 Å². The van der Waals surface area contributed by atoms with Gasteiger partial charge in [0, 0.05) is 16.1 Å². The number of aromatic nitrogens is 2. The van der Waals surface area contributed by atoms with Gasteiger partial charge in [-0.1, -0.05) is 48.9 Å². The number of nitrogens with one attached hydrogen (secondary N) is 1. The Morgan fingerprint density at radius 2 is 1.78 bits per heavy atom. The molecule has 1 aromatic heterocycles. The molecule has 2 aliphatic rings. The quantitative estimate of drug-likeness (QED) is 0.798. The molecule has 3 atom stereocenters. The maximum atomic E-state index is 5.96. The van der Waals surface area contributed by atoms with Crippen molar-refractivity contribution in [2.24, 2.45) is 17.3 Å². The van der Waals surface area contributed by atoms with E-state index in [2.05, 4.69) is 36.3 Å². The fourth-order valence-corrected chi connectivity index (χ4v) is 5.57. The molecule has 2 aromatic rings. The zero-order chi connectivity index (χ0) is 16.2. The number of fused-ring (bicyclic) bond motifs is 2. The molecule has 2 saturated carbocycles. The summed E-state index contributed by atoms with van der Waals surface area (Å²) in [6, 6.07) is 7.78. The summed E-state index contributed by atoms with van der Waals surface area (Å²) in [5.74, 6) is 1.57. The van der Waals surface area contributed by atoms with Gasteiger partial charge in [0.2, 0.25) is 5.13 Å². The smallest absolute Gasteiger partial charge is 0.206 e. The van der Waals surface area contributed by atoms with Crippen molar-refractivity contribution < 1.29 is 0 Å². The van der Waals surface area contributed by atoms with Crippen molar-refractivity contribution in [2.45, 2.75) is 45.6 Å². The molecule has 23 heavy (non-hydrogen) atoms. The molecule has 4 rings (SSSR count). The number of hydrogen-bond acceptors (Lipinski definition) is 4. The van der Waals surface area contributed by atoms with Crippen LogP contribution in [0.25, 0.3) is 10.6 Å². The van der Waals surface area contributed by atoms with Crippen molar-refractivity contribution >= 4 is 28.1 Å². The summed E-state index contributed by atoms with van der Waals surface area (Å²) in [5.41, 5.74) is 1.46. The second kappa shape index (κ2) is 5.18. The molecule has 1 aromatic carbocycles. The molecule has 2 bridgehead atoms. The van der Waals surface area contributed by atoms with E-state index in [-0.39, 0.29) is 5.54 Å². The van der Waals surface area contributed by atoms with E-state index in [4.69, 9.17) is 11.6 Å². The normalized spacial score (nSPS) is 31.5. The van der Waals surface area contributed by atoms with Crippen LogP contribution in [0, 0.1) is 17.3 Å². The summed E-state index contributed by atoms with van der Waals surface area (Å²) in [5, 5.41) is 15.1. The summed E-state index contributed by atoms with van der Waals surface area (Å²) < 4.78 is 0. The minimum atomic E-state index is 0.104. The molecular formula is C18H22ClN3S. The SMILES string of the molecule is CC1(C)C2CCC(C2)C1(C)Nc1nnc(-c2ccc(Cl)cc2)s1. The highest BCUT2D eigenvalue weighted by atomic mass is 35.5. The predicted molar refractivity (Wildman–Crippen MR) is 97.0 cm³/mol. The molecule has 5 heteroatoms. The fraction of sp³-hybridized carbons (Fsp3) is 0.556. The Morgan fingerprint density at radius 3 is 2.43 bits per heavy atom. The van der Waals surface area contributed by atoms with Crippen LogP contribution < -0.4 is 5.32 Å². The molecular weight excluding hydrogens is 326 g/mol. The predicted octanol–water partition coefficient (Wildman–Crippen LogP) is 5.49. The van der Waals surface area contributed by atoms with E-state index < -0.39 is 0 Å². The molecule has 1 N–H and O–H groups in total. The molecule has 0 spiro atoms. The highest BCUT2D eigenvalue weighted by molar-refractivity contribution is 7.18. The average molecular weight is 348 g/mol. The molecule has 0 radical (unpaired) electrons. The Balaban J connectivity index is 1.59. The zero-order valence-electron chi connectivity index (χ0n) is 13.8. The Labute approximate surface area is 146 Å². The lowest BCUT2D eigenvalue weighted by molar-refractivity contribution is 0.119. The number of rotatable bonds is 3. The van der Waals surface area contributed by atoms with E-state index in [1.807, 2.05) is 24.3 Å². The van der Waals surface area contributed by atoms with Crippen molar-refractivity contribution in [3.63, 3.8) is 0 Å². The standard InChI is InChI=1S/C18H22ClN3S/c1-17(2)12-6-7-13(10-12)18(17,3)20-16-22-21-15(23-16)11-4-8-14(19)9-5-11/h4-5,8-9,12-13H,6-7,10H2,1-3H3,(H,20,22). The van der Waals surface area contributed by atoms with Crippen LogP contribution in [0.3, 0.4) is 0 Å². The first kappa shape index (κ1) is 15.4. The van der Waals surface area contributed by atoms with Crippen LogP contribution in [-0.2, 0) is 0 Å². The van der Waals surface area contributed by atoms with Crippen molar-refractivity contribution in [1.29, 1.82) is 0 Å². The van der Waals surface area contributed by atoms with Crippen molar-refractivity contribution in [1.82, 2.24) is 10.2 Å². The summed E-state index contributed by atoms with van der Waals surface area (Å²) in [7, 11) is 0. The Kier molecular flexibility index (Phi) is 3.47. The largest absolute Gasteiger partial charge is 0.354 e. The fourth-order valence-electron chi connectivity index (χ4n) is 4.58. The molecule has 122 valence electrons. The molecule has 0 aliphatic heterocycles. The summed E-state index contributed by atoms with van der Waals surface area (Å²) in [4.78, 5) is 0. The van der Waals surface area contributed by atoms with Crippen LogP contribution >= 0.6 is 22.9 Å². The first-order chi connectivity index (χ1) is 10.9. The lowest BCUT2D eigenvalue weighted by Gasteiger charge is -2.48. The molecule has 1 heterocycles. The van der Waals surface area contributed by atoms with E-state index >= 15 is 0 Å². The first-order valence-electron chi connectivity index (χ1n) is 8.28. The highest BCUT2D eigenvalue weighted by Crippen LogP contribution is 2.62. The number of nitrogens with zero attached hydrogens (tertiary/aromatic N) is 2. The Bertz CT molecular complexity index is 724. The van der Waals surface area contributed by atoms with Gasteiger partial charge in [-0.25, -0.2) is 0 Å². The maximum Gasteiger partial charge on any atom is 0.206 e. The molecule has 3 unspecified atom stereocenters. The number of anilines is 1. The van der Waals surface area contributed by atoms with Gasteiger partial charge in [0.15, 0.2) is 0 Å². The van der Waals surface area contributed by atoms with Gasteiger partial charge in [0.1, 0.15) is 5.01 Å². The molecule has 0 amide bonds. The number of benzene rings is 1. The minimum absolute atomic E-state index is 0.104. The summed E-state index contributed by atoms with van der Waals surface area (Å²) in [6.07, 6.45) is 4.06. The maximum absolute atomic E-state index is 5.96. The second-order valence-electron chi connectivity index (χ2n) is 7.68. The zero-order valence-corrected chi connectivity index (χ0v) is 15.3. The number of hydrogen-bond donors (Lipinski definition) is 1. The van der Waals surface area contributed by atoms with E-state index in [0.717, 1.165) is 32.6 Å². The van der Waals surface area contributed by atoms with Crippen LogP contribution in [0.1, 0.15) is 40.0 Å². The Hall–Kier alpha value is -1.13.